The highest BCUT2D eigenvalue weighted by atomic mass is 32.2. The van der Waals surface area contributed by atoms with Crippen molar-refractivity contribution in [3.63, 3.8) is 0 Å². The fourth-order valence-electron chi connectivity index (χ4n) is 3.91. The van der Waals surface area contributed by atoms with Crippen LogP contribution in [0.5, 0.6) is 0 Å². The second-order valence-corrected chi connectivity index (χ2v) is 13.5. The van der Waals surface area contributed by atoms with Crippen LogP contribution in [0, 0.1) is 12.3 Å². The Balaban J connectivity index is 1.71. The van der Waals surface area contributed by atoms with Gasteiger partial charge in [-0.2, -0.15) is 8.42 Å². The predicted octanol–water partition coefficient (Wildman–Crippen LogP) is 1.05. The lowest BCUT2D eigenvalue weighted by Gasteiger charge is -2.49. The summed E-state index contributed by atoms with van der Waals surface area (Å²) in [5.74, 6) is -4.24. The minimum Gasteiger partial charge on any atom is -0.427 e. The van der Waals surface area contributed by atoms with E-state index in [1.807, 2.05) is 0 Å². The molecule has 1 fully saturated rings. The summed E-state index contributed by atoms with van der Waals surface area (Å²) in [7, 11) is -2.93. The molecule has 2 atom stereocenters. The highest BCUT2D eigenvalue weighted by Crippen LogP contribution is 2.40. The van der Waals surface area contributed by atoms with Crippen LogP contribution in [0.4, 0.5) is 0 Å². The van der Waals surface area contributed by atoms with Crippen LogP contribution in [-0.2, 0) is 57.3 Å². The number of fused-ring (bicyclic) bond motifs is 1. The highest BCUT2D eigenvalue weighted by Gasteiger charge is 2.55. The number of methoxy groups -OCH3 is 1. The first kappa shape index (κ1) is 35.7. The van der Waals surface area contributed by atoms with E-state index in [4.69, 9.17) is 23.2 Å². The van der Waals surface area contributed by atoms with Gasteiger partial charge in [0.1, 0.15) is 30.3 Å². The fraction of sp³-hybridized carbons (Fsp3) is 0.500. The maximum absolute atomic E-state index is 13.2. The first-order chi connectivity index (χ1) is 21.1. The Bertz CT molecular complexity index is 1500. The molecular weight excluding hydrogens is 634 g/mol. The molecule has 2 aliphatic rings. The predicted molar refractivity (Wildman–Crippen MR) is 159 cm³/mol. The molecule has 1 aromatic carbocycles. The average molecular weight is 670 g/mol. The van der Waals surface area contributed by atoms with Gasteiger partial charge in [-0.15, -0.1) is 11.8 Å². The molecule has 0 bridgehead atoms. The van der Waals surface area contributed by atoms with E-state index in [0.29, 0.717) is 5.57 Å². The Morgan fingerprint density at radius 1 is 1.11 bits per heavy atom. The van der Waals surface area contributed by atoms with Gasteiger partial charge >= 0.3 is 11.9 Å². The summed E-state index contributed by atoms with van der Waals surface area (Å²) in [6.45, 7) is 6.44. The van der Waals surface area contributed by atoms with E-state index in [0.717, 1.165) is 10.5 Å². The molecule has 2 heterocycles. The molecule has 1 saturated heterocycles. The van der Waals surface area contributed by atoms with Crippen LogP contribution in [0.25, 0.3) is 0 Å². The SMILES string of the molecule is CCON=C(C(=O)COS(=O)(=O)c1ccc(C)cc1)C(=O)NC1C(=O)N2C(C(=O)OCOC(=O)C(C)(C)C)=C(COC)CS[C@H]12. The molecule has 45 heavy (non-hydrogen) atoms. The van der Waals surface area contributed by atoms with Crippen LogP contribution in [0.1, 0.15) is 33.3 Å². The van der Waals surface area contributed by atoms with Gasteiger partial charge in [-0.1, -0.05) is 22.9 Å². The van der Waals surface area contributed by atoms with E-state index in [2.05, 4.69) is 10.5 Å². The normalized spacial score (nSPS) is 18.5. The maximum atomic E-state index is 13.2. The van der Waals surface area contributed by atoms with Crippen molar-refractivity contribution in [2.24, 2.45) is 10.6 Å². The summed E-state index contributed by atoms with van der Waals surface area (Å²) in [6.07, 6.45) is 0. The van der Waals surface area contributed by atoms with Crippen molar-refractivity contribution < 1.29 is 55.6 Å². The summed E-state index contributed by atoms with van der Waals surface area (Å²) in [4.78, 5) is 70.0. The number of nitrogens with one attached hydrogen (secondary N) is 1. The molecule has 0 aliphatic carbocycles. The van der Waals surface area contributed by atoms with E-state index in [-0.39, 0.29) is 29.6 Å². The van der Waals surface area contributed by atoms with Crippen LogP contribution in [0.15, 0.2) is 45.6 Å². The standard InChI is InChI=1S/C28H35N3O12S2/c1-7-42-30-20(19(32)13-43-45(37,38)18-10-8-16(2)9-11-18)23(33)29-21-24(34)31-22(17(12-39-6)14-44-25(21)31)26(35)40-15-41-27(36)28(3,4)5/h8-11,21,25H,7,12-15H2,1-6H3,(H,29,33)/t21?,25-/m1/s1. The third-order valence-electron chi connectivity index (χ3n) is 6.26. The zero-order valence-electron chi connectivity index (χ0n) is 25.6. The third kappa shape index (κ3) is 8.68. The van der Waals surface area contributed by atoms with Gasteiger partial charge in [0.25, 0.3) is 21.9 Å². The highest BCUT2D eigenvalue weighted by molar-refractivity contribution is 8.00. The van der Waals surface area contributed by atoms with Gasteiger partial charge in [0.15, 0.2) is 0 Å². The number of ketones is 1. The number of nitrogens with zero attached hydrogens (tertiary/aromatic N) is 2. The lowest BCUT2D eigenvalue weighted by atomic mass is 9.98. The summed E-state index contributed by atoms with van der Waals surface area (Å²) in [5, 5.41) is 5.15. The topological polar surface area (TPSA) is 193 Å². The first-order valence-electron chi connectivity index (χ1n) is 13.6. The van der Waals surface area contributed by atoms with Crippen molar-refractivity contribution in [1.82, 2.24) is 10.2 Å². The average Bonchev–Trinajstić information content (AvgIpc) is 2.98. The number of aryl methyl sites for hydroxylation is 1. The molecule has 1 N–H and O–H groups in total. The number of β-lactam (4-membered cyclic amide) rings is 1. The lowest BCUT2D eigenvalue weighted by molar-refractivity contribution is -0.173. The number of rotatable bonds is 14. The number of hydrogen-bond acceptors (Lipinski definition) is 14. The Hall–Kier alpha value is -3.80. The number of Topliss-reactive ketones (excluding diaryl/α,β-unsaturated/α-hetero) is 1. The molecule has 1 unspecified atom stereocenters. The van der Waals surface area contributed by atoms with E-state index in [1.54, 1.807) is 46.8 Å². The largest absolute Gasteiger partial charge is 0.427 e. The van der Waals surface area contributed by atoms with E-state index < -0.39 is 75.6 Å². The van der Waals surface area contributed by atoms with E-state index >= 15 is 0 Å². The molecule has 246 valence electrons. The van der Waals surface area contributed by atoms with E-state index in [1.165, 1.54) is 31.0 Å². The van der Waals surface area contributed by atoms with Crippen molar-refractivity contribution in [3.8, 4) is 0 Å². The van der Waals surface area contributed by atoms with Crippen molar-refractivity contribution in [3.05, 3.63) is 41.1 Å². The minimum atomic E-state index is -4.34. The molecule has 2 amide bonds. The fourth-order valence-corrected chi connectivity index (χ4v) is 6.10. The number of amides is 2. The van der Waals surface area contributed by atoms with Gasteiger partial charge in [0, 0.05) is 12.9 Å². The van der Waals surface area contributed by atoms with E-state index in [9.17, 15) is 32.4 Å². The molecule has 3 rings (SSSR count). The van der Waals surface area contributed by atoms with Gasteiger partial charge < -0.3 is 24.4 Å². The Morgan fingerprint density at radius 2 is 1.78 bits per heavy atom. The number of hydrogen-bond donors (Lipinski definition) is 1. The van der Waals surface area contributed by atoms with Crippen molar-refractivity contribution in [1.29, 1.82) is 0 Å². The summed E-state index contributed by atoms with van der Waals surface area (Å²) in [6, 6.07) is 4.53. The molecule has 1 aromatic rings. The number of oxime groups is 1. The van der Waals surface area contributed by atoms with Crippen molar-refractivity contribution in [2.45, 2.75) is 50.9 Å². The number of thioether (sulfide) groups is 1. The van der Waals surface area contributed by atoms with Gasteiger partial charge in [-0.25, -0.2) is 4.79 Å². The number of carbonyl (C=O) groups excluding carboxylic acids is 5. The Morgan fingerprint density at radius 3 is 2.38 bits per heavy atom. The third-order valence-corrected chi connectivity index (χ3v) is 8.87. The van der Waals surface area contributed by atoms with Crippen LogP contribution < -0.4 is 5.32 Å². The number of benzene rings is 1. The Kier molecular flexibility index (Phi) is 11.9. The summed E-state index contributed by atoms with van der Waals surface area (Å²) in [5.41, 5.74) is -0.518. The molecule has 0 spiro atoms. The van der Waals surface area contributed by atoms with Crippen LogP contribution in [0.2, 0.25) is 0 Å². The summed E-state index contributed by atoms with van der Waals surface area (Å²) >= 11 is 1.22. The van der Waals surface area contributed by atoms with Crippen LogP contribution in [-0.4, -0.2) is 99.5 Å². The molecular formula is C28H35N3O12S2. The molecule has 2 aliphatic heterocycles. The zero-order chi connectivity index (χ0) is 33.5. The van der Waals surface area contributed by atoms with Crippen LogP contribution in [0.3, 0.4) is 0 Å². The first-order valence-corrected chi connectivity index (χ1v) is 16.1. The van der Waals surface area contributed by atoms with Crippen molar-refractivity contribution in [2.75, 3.05) is 39.5 Å². The zero-order valence-corrected chi connectivity index (χ0v) is 27.2. The lowest BCUT2D eigenvalue weighted by Crippen LogP contribution is -2.71. The number of ether oxygens (including phenoxy) is 3. The second kappa shape index (κ2) is 15.0. The number of esters is 2. The quantitative estimate of drug-likeness (QED) is 0.0563. The van der Waals surface area contributed by atoms with Crippen molar-refractivity contribution >= 4 is 57.1 Å². The monoisotopic (exact) mass is 669 g/mol. The molecule has 17 heteroatoms. The van der Waals surface area contributed by atoms with Gasteiger partial charge in [0.05, 0.1) is 16.9 Å². The van der Waals surface area contributed by atoms with Crippen LogP contribution >= 0.6 is 11.8 Å². The van der Waals surface area contributed by atoms with Gasteiger partial charge in [-0.05, 0) is 52.3 Å². The van der Waals surface area contributed by atoms with Gasteiger partial charge in [0.2, 0.25) is 18.3 Å². The maximum Gasteiger partial charge on any atom is 0.358 e. The molecule has 15 nitrogen and oxygen atoms in total. The second-order valence-electron chi connectivity index (χ2n) is 10.8. The minimum absolute atomic E-state index is 0.00208. The molecule has 0 aromatic heterocycles. The Labute approximate surface area is 264 Å². The summed E-state index contributed by atoms with van der Waals surface area (Å²) < 4.78 is 45.2. The van der Waals surface area contributed by atoms with Gasteiger partial charge in [-0.3, -0.25) is 28.3 Å². The molecule has 0 saturated carbocycles. The smallest absolute Gasteiger partial charge is 0.358 e. The number of carbonyl (C=O) groups is 5. The molecule has 0 radical (unpaired) electrons.